The van der Waals surface area contributed by atoms with Crippen LogP contribution < -0.4 is 5.73 Å². The highest BCUT2D eigenvalue weighted by atomic mass is 32.1. The first kappa shape index (κ1) is 16.7. The third kappa shape index (κ3) is 3.25. The van der Waals surface area contributed by atoms with Gasteiger partial charge in [-0.15, -0.1) is 0 Å². The quantitative estimate of drug-likeness (QED) is 0.627. The molecular weight excluding hydrogens is 280 g/mol. The molecule has 4 heteroatoms. The number of nitrogens with two attached hydrogens (primary N) is 1. The topological polar surface area (TPSA) is 46.3 Å². The van der Waals surface area contributed by atoms with Crippen LogP contribution in [0.1, 0.15) is 65.7 Å². The van der Waals surface area contributed by atoms with Crippen molar-refractivity contribution in [1.82, 2.24) is 4.90 Å². The van der Waals surface area contributed by atoms with Crippen molar-refractivity contribution >= 4 is 23.1 Å². The van der Waals surface area contributed by atoms with E-state index in [1.54, 1.807) is 0 Å². The van der Waals surface area contributed by atoms with Gasteiger partial charge in [0.05, 0.1) is 10.4 Å². The molecule has 0 bridgehead atoms. The predicted octanol–water partition coefficient (Wildman–Crippen LogP) is 3.51. The summed E-state index contributed by atoms with van der Waals surface area (Å²) in [6.07, 6.45) is 7.40. The third-order valence-corrected chi connectivity index (χ3v) is 6.09. The lowest BCUT2D eigenvalue weighted by atomic mass is 9.76. The Kier molecular flexibility index (Phi) is 5.29. The van der Waals surface area contributed by atoms with Crippen LogP contribution in [-0.4, -0.2) is 28.4 Å². The molecule has 1 heterocycles. The van der Waals surface area contributed by atoms with Crippen LogP contribution in [0.3, 0.4) is 0 Å². The number of rotatable bonds is 2. The lowest BCUT2D eigenvalue weighted by Crippen LogP contribution is -2.57. The third-order valence-electron chi connectivity index (χ3n) is 5.70. The number of hydrogen-bond acceptors (Lipinski definition) is 2. The maximum atomic E-state index is 13.3. The zero-order chi connectivity index (χ0) is 15.6. The molecule has 1 amide bonds. The van der Waals surface area contributed by atoms with Crippen LogP contribution in [0, 0.1) is 17.3 Å². The van der Waals surface area contributed by atoms with Gasteiger partial charge in [0.1, 0.15) is 0 Å². The summed E-state index contributed by atoms with van der Waals surface area (Å²) in [6, 6.07) is 0.295. The van der Waals surface area contributed by atoms with E-state index in [0.717, 1.165) is 32.2 Å². The summed E-state index contributed by atoms with van der Waals surface area (Å²) < 4.78 is 0. The molecule has 1 saturated carbocycles. The molecule has 21 heavy (non-hydrogen) atoms. The Morgan fingerprint density at radius 3 is 2.24 bits per heavy atom. The second kappa shape index (κ2) is 6.64. The van der Waals surface area contributed by atoms with Gasteiger partial charge >= 0.3 is 0 Å². The maximum absolute atomic E-state index is 13.3. The van der Waals surface area contributed by atoms with E-state index in [1.165, 1.54) is 19.3 Å². The highest BCUT2D eigenvalue weighted by Crippen LogP contribution is 2.40. The van der Waals surface area contributed by atoms with E-state index in [2.05, 4.69) is 25.7 Å². The number of carbonyl (C=O) groups is 1. The molecule has 0 aromatic carbocycles. The van der Waals surface area contributed by atoms with Crippen LogP contribution in [0.15, 0.2) is 0 Å². The average Bonchev–Trinajstić information content (AvgIpc) is 2.68. The maximum Gasteiger partial charge on any atom is 0.235 e. The van der Waals surface area contributed by atoms with E-state index in [1.807, 2.05) is 0 Å². The molecule has 2 aliphatic rings. The molecule has 1 saturated heterocycles. The summed E-state index contributed by atoms with van der Waals surface area (Å²) in [6.45, 7) is 7.53. The smallest absolute Gasteiger partial charge is 0.235 e. The van der Waals surface area contributed by atoms with Crippen molar-refractivity contribution in [3.05, 3.63) is 0 Å². The molecule has 0 radical (unpaired) electrons. The first-order chi connectivity index (χ1) is 9.88. The van der Waals surface area contributed by atoms with Gasteiger partial charge in [0.25, 0.3) is 0 Å². The molecule has 3 unspecified atom stereocenters. The summed E-state index contributed by atoms with van der Waals surface area (Å²) >= 11 is 5.36. The average molecular weight is 311 g/mol. The number of likely N-dealkylation sites (tertiary alicyclic amines) is 1. The van der Waals surface area contributed by atoms with Crippen LogP contribution in [-0.2, 0) is 4.79 Å². The predicted molar refractivity (Wildman–Crippen MR) is 91.0 cm³/mol. The van der Waals surface area contributed by atoms with Crippen molar-refractivity contribution in [2.45, 2.75) is 71.8 Å². The molecule has 2 N–H and O–H groups in total. The number of thiocarbonyl (C=S) groups is 1. The van der Waals surface area contributed by atoms with Crippen molar-refractivity contribution < 1.29 is 4.79 Å². The van der Waals surface area contributed by atoms with Crippen molar-refractivity contribution in [3.8, 4) is 0 Å². The molecule has 120 valence electrons. The molecule has 0 aromatic heterocycles. The second-order valence-corrected chi connectivity index (χ2v) is 7.82. The molecule has 1 aliphatic heterocycles. The lowest BCUT2D eigenvalue weighted by molar-refractivity contribution is -0.145. The van der Waals surface area contributed by atoms with Crippen LogP contribution in [0.4, 0.5) is 0 Å². The minimum atomic E-state index is -0.573. The van der Waals surface area contributed by atoms with Crippen molar-refractivity contribution in [2.75, 3.05) is 6.54 Å². The van der Waals surface area contributed by atoms with E-state index in [-0.39, 0.29) is 5.91 Å². The van der Waals surface area contributed by atoms with Gasteiger partial charge < -0.3 is 10.6 Å². The fourth-order valence-electron chi connectivity index (χ4n) is 4.16. The zero-order valence-corrected chi connectivity index (χ0v) is 14.5. The van der Waals surface area contributed by atoms with E-state index >= 15 is 0 Å². The summed E-state index contributed by atoms with van der Waals surface area (Å²) in [5.41, 5.74) is 5.51. The Hall–Kier alpha value is -0.640. The van der Waals surface area contributed by atoms with Gasteiger partial charge in [0, 0.05) is 12.6 Å². The highest BCUT2D eigenvalue weighted by Gasteiger charge is 2.46. The first-order valence-corrected chi connectivity index (χ1v) is 8.90. The molecule has 0 aromatic rings. The fraction of sp³-hybridized carbons (Fsp3) is 0.882. The van der Waals surface area contributed by atoms with Crippen LogP contribution in [0.5, 0.6) is 0 Å². The number of amides is 1. The number of piperidine rings is 1. The van der Waals surface area contributed by atoms with Crippen LogP contribution >= 0.6 is 12.2 Å². The van der Waals surface area contributed by atoms with Gasteiger partial charge in [-0.25, -0.2) is 0 Å². The van der Waals surface area contributed by atoms with Gasteiger partial charge in [-0.05, 0) is 38.0 Å². The molecule has 3 nitrogen and oxygen atoms in total. The summed E-state index contributed by atoms with van der Waals surface area (Å²) in [5.74, 6) is 1.32. The van der Waals surface area contributed by atoms with E-state index in [0.29, 0.717) is 22.9 Å². The first-order valence-electron chi connectivity index (χ1n) is 8.49. The Morgan fingerprint density at radius 1 is 1.14 bits per heavy atom. The Bertz CT molecular complexity index is 402. The molecular formula is C17H30N2OS. The van der Waals surface area contributed by atoms with Crippen molar-refractivity contribution in [2.24, 2.45) is 23.0 Å². The second-order valence-electron chi connectivity index (χ2n) is 7.38. The van der Waals surface area contributed by atoms with Crippen molar-refractivity contribution in [1.29, 1.82) is 0 Å². The number of carbonyl (C=O) groups excluding carboxylic acids is 1. The normalized spacial score (nSPS) is 33.3. The minimum Gasteiger partial charge on any atom is -0.392 e. The molecule has 2 rings (SSSR count). The fourth-order valence-corrected chi connectivity index (χ4v) is 4.45. The van der Waals surface area contributed by atoms with Gasteiger partial charge in [0.15, 0.2) is 0 Å². The monoisotopic (exact) mass is 310 g/mol. The summed E-state index contributed by atoms with van der Waals surface area (Å²) in [7, 11) is 0. The van der Waals surface area contributed by atoms with Gasteiger partial charge in [-0.3, -0.25) is 4.79 Å². The highest BCUT2D eigenvalue weighted by molar-refractivity contribution is 7.80. The summed E-state index contributed by atoms with van der Waals surface area (Å²) in [4.78, 5) is 15.8. The zero-order valence-electron chi connectivity index (χ0n) is 13.7. The molecule has 3 atom stereocenters. The molecule has 2 fully saturated rings. The largest absolute Gasteiger partial charge is 0.392 e. The standard InChI is InChI=1S/C17H30N2OS/c1-12-10-13(2)14(3)19(11-12)16(20)17(15(18)21)8-6-4-5-7-9-17/h12-14H,4-11H2,1-3H3,(H2,18,21). The Labute approximate surface area is 134 Å². The van der Waals surface area contributed by atoms with Crippen molar-refractivity contribution in [3.63, 3.8) is 0 Å². The van der Waals surface area contributed by atoms with E-state index in [9.17, 15) is 4.79 Å². The van der Waals surface area contributed by atoms with Gasteiger partial charge in [-0.1, -0.05) is 51.7 Å². The van der Waals surface area contributed by atoms with Crippen LogP contribution in [0.25, 0.3) is 0 Å². The van der Waals surface area contributed by atoms with Crippen LogP contribution in [0.2, 0.25) is 0 Å². The summed E-state index contributed by atoms with van der Waals surface area (Å²) in [5, 5.41) is 0. The lowest BCUT2D eigenvalue weighted by Gasteiger charge is -2.45. The van der Waals surface area contributed by atoms with E-state index < -0.39 is 5.41 Å². The minimum absolute atomic E-state index is 0.211. The molecule has 0 spiro atoms. The Balaban J connectivity index is 2.27. The Morgan fingerprint density at radius 2 is 1.71 bits per heavy atom. The SMILES string of the molecule is CC1CC(C)C(C)N(C(=O)C2(C(N)=S)CCCCCC2)C1. The van der Waals surface area contributed by atoms with Gasteiger partial charge in [-0.2, -0.15) is 0 Å². The van der Waals surface area contributed by atoms with E-state index in [4.69, 9.17) is 18.0 Å². The van der Waals surface area contributed by atoms with Gasteiger partial charge in [0.2, 0.25) is 5.91 Å². The molecule has 1 aliphatic carbocycles. The number of hydrogen-bond donors (Lipinski definition) is 1. The number of nitrogens with zero attached hydrogens (tertiary/aromatic N) is 1.